The van der Waals surface area contributed by atoms with E-state index in [9.17, 15) is 9.00 Å². The van der Waals surface area contributed by atoms with Gasteiger partial charge in [-0.15, -0.1) is 0 Å². The lowest BCUT2D eigenvalue weighted by molar-refractivity contribution is 0.102. The first kappa shape index (κ1) is 16.6. The average molecular weight is 356 g/mol. The molecule has 24 heavy (non-hydrogen) atoms. The summed E-state index contributed by atoms with van der Waals surface area (Å²) in [6.45, 7) is 0. The summed E-state index contributed by atoms with van der Waals surface area (Å²) < 4.78 is 13.8. The molecule has 0 spiro atoms. The molecule has 0 unspecified atom stereocenters. The van der Waals surface area contributed by atoms with Crippen LogP contribution in [0, 0.1) is 0 Å². The van der Waals surface area contributed by atoms with E-state index in [1.807, 2.05) is 60.7 Å². The van der Waals surface area contributed by atoms with Gasteiger partial charge in [0, 0.05) is 10.6 Å². The van der Waals surface area contributed by atoms with Crippen molar-refractivity contribution in [2.24, 2.45) is 0 Å². The number of carbonyl (C=O) groups is 1. The van der Waals surface area contributed by atoms with E-state index in [4.69, 9.17) is 11.6 Å². The SMILES string of the molecule is O=C(C[S+](=O)(c1ccccc1)c1ccccc1)c1ccc(Cl)cc1. The number of rotatable bonds is 5. The predicted molar refractivity (Wildman–Crippen MR) is 98.1 cm³/mol. The van der Waals surface area contributed by atoms with Crippen molar-refractivity contribution in [3.8, 4) is 0 Å². The standard InChI is InChI=1S/C20H16ClO2S/c21-17-13-11-16(12-14-17)20(22)15-24(23,18-7-3-1-4-8-18)19-9-5-2-6-10-19/h1-14H,15H2/q+1. The van der Waals surface area contributed by atoms with Crippen LogP contribution in [0.1, 0.15) is 10.4 Å². The number of halogens is 1. The average Bonchev–Trinajstić information content (AvgIpc) is 2.63. The Morgan fingerprint density at radius 2 is 1.21 bits per heavy atom. The highest BCUT2D eigenvalue weighted by molar-refractivity contribution is 8.03. The quantitative estimate of drug-likeness (QED) is 0.469. The number of Topliss-reactive ketones (excluding diaryl/α,β-unsaturated/α-hetero) is 1. The van der Waals surface area contributed by atoms with E-state index < -0.39 is 9.93 Å². The fourth-order valence-electron chi connectivity index (χ4n) is 2.49. The number of benzene rings is 3. The van der Waals surface area contributed by atoms with Crippen molar-refractivity contribution in [1.29, 1.82) is 0 Å². The molecule has 3 rings (SSSR count). The highest BCUT2D eigenvalue weighted by Crippen LogP contribution is 2.30. The summed E-state index contributed by atoms with van der Waals surface area (Å²) in [4.78, 5) is 14.0. The van der Waals surface area contributed by atoms with Gasteiger partial charge in [-0.05, 0) is 48.5 Å². The van der Waals surface area contributed by atoms with E-state index in [0.717, 1.165) is 0 Å². The maximum Gasteiger partial charge on any atom is 0.212 e. The highest BCUT2D eigenvalue weighted by atomic mass is 35.5. The van der Waals surface area contributed by atoms with Gasteiger partial charge in [0.05, 0.1) is 0 Å². The molecular weight excluding hydrogens is 340 g/mol. The Morgan fingerprint density at radius 3 is 1.67 bits per heavy atom. The number of ketones is 1. The van der Waals surface area contributed by atoms with Crippen LogP contribution in [0.5, 0.6) is 0 Å². The second-order valence-corrected chi connectivity index (χ2v) is 8.39. The third-order valence-electron chi connectivity index (χ3n) is 3.75. The minimum absolute atomic E-state index is 0.0668. The predicted octanol–water partition coefficient (Wildman–Crippen LogP) is 5.14. The fraction of sp³-hybridized carbons (Fsp3) is 0.0500. The molecule has 0 aliphatic rings. The first-order valence-electron chi connectivity index (χ1n) is 7.50. The lowest BCUT2D eigenvalue weighted by Gasteiger charge is -2.11. The Morgan fingerprint density at radius 1 is 0.750 bits per heavy atom. The van der Waals surface area contributed by atoms with E-state index in [-0.39, 0.29) is 11.5 Å². The van der Waals surface area contributed by atoms with Crippen LogP contribution in [0.25, 0.3) is 0 Å². The minimum atomic E-state index is -2.69. The zero-order valence-corrected chi connectivity index (χ0v) is 14.5. The lowest BCUT2D eigenvalue weighted by Crippen LogP contribution is -2.23. The molecule has 0 amide bonds. The lowest BCUT2D eigenvalue weighted by atomic mass is 10.1. The Bertz CT molecular complexity index is 831. The maximum atomic E-state index is 13.8. The van der Waals surface area contributed by atoms with Gasteiger partial charge >= 0.3 is 0 Å². The summed E-state index contributed by atoms with van der Waals surface area (Å²) in [6.07, 6.45) is 0. The molecule has 0 aromatic heterocycles. The molecule has 120 valence electrons. The van der Waals surface area contributed by atoms with Gasteiger partial charge in [0.1, 0.15) is 0 Å². The molecular formula is C20H16ClO2S+. The third kappa shape index (κ3) is 3.48. The second-order valence-electron chi connectivity index (χ2n) is 5.38. The van der Waals surface area contributed by atoms with Gasteiger partial charge in [0.15, 0.2) is 25.5 Å². The van der Waals surface area contributed by atoms with Gasteiger partial charge in [-0.2, -0.15) is 0 Å². The Hall–Kier alpha value is -2.23. The molecule has 0 heterocycles. The van der Waals surface area contributed by atoms with Gasteiger partial charge in [0.2, 0.25) is 5.78 Å². The van der Waals surface area contributed by atoms with E-state index in [1.54, 1.807) is 24.3 Å². The van der Waals surface area contributed by atoms with Crippen LogP contribution in [0.4, 0.5) is 0 Å². The molecule has 0 aliphatic heterocycles. The fourth-order valence-corrected chi connectivity index (χ4v) is 4.95. The summed E-state index contributed by atoms with van der Waals surface area (Å²) >= 11 is 5.87. The van der Waals surface area contributed by atoms with Gasteiger partial charge < -0.3 is 0 Å². The molecule has 0 bridgehead atoms. The Kier molecular flexibility index (Phi) is 4.93. The Balaban J connectivity index is 2.02. The monoisotopic (exact) mass is 355 g/mol. The molecule has 0 aliphatic carbocycles. The smallest absolute Gasteiger partial charge is 0.212 e. The van der Waals surface area contributed by atoms with Crippen molar-refractivity contribution in [2.75, 3.05) is 5.75 Å². The van der Waals surface area contributed by atoms with Crippen LogP contribution in [-0.4, -0.2) is 11.5 Å². The van der Waals surface area contributed by atoms with Crippen molar-refractivity contribution in [3.63, 3.8) is 0 Å². The largest absolute Gasteiger partial charge is 0.289 e. The first-order chi connectivity index (χ1) is 11.6. The summed E-state index contributed by atoms with van der Waals surface area (Å²) in [6, 6.07) is 25.0. The molecule has 0 radical (unpaired) electrons. The zero-order valence-electron chi connectivity index (χ0n) is 12.9. The molecule has 2 nitrogen and oxygen atoms in total. The van der Waals surface area contributed by atoms with Crippen molar-refractivity contribution in [1.82, 2.24) is 0 Å². The van der Waals surface area contributed by atoms with Crippen LogP contribution in [0.15, 0.2) is 94.7 Å². The van der Waals surface area contributed by atoms with Gasteiger partial charge in [-0.1, -0.05) is 52.2 Å². The van der Waals surface area contributed by atoms with Gasteiger partial charge in [-0.25, -0.2) is 0 Å². The van der Waals surface area contributed by atoms with E-state index in [1.165, 1.54) is 0 Å². The third-order valence-corrected chi connectivity index (χ3v) is 6.74. The highest BCUT2D eigenvalue weighted by Gasteiger charge is 2.37. The Labute approximate surface area is 147 Å². The molecule has 0 fully saturated rings. The van der Waals surface area contributed by atoms with Crippen LogP contribution >= 0.6 is 11.6 Å². The zero-order chi connectivity index (χ0) is 17.0. The normalized spacial score (nSPS) is 11.2. The summed E-state index contributed by atoms with van der Waals surface area (Å²) in [5, 5.41) is 0.568. The van der Waals surface area contributed by atoms with Crippen LogP contribution in [0.3, 0.4) is 0 Å². The first-order valence-corrected chi connectivity index (χ1v) is 9.61. The molecule has 3 aromatic rings. The number of hydrogen-bond donors (Lipinski definition) is 0. The molecule has 4 heteroatoms. The minimum Gasteiger partial charge on any atom is -0.289 e. The van der Waals surface area contributed by atoms with Crippen molar-refractivity contribution in [2.45, 2.75) is 9.79 Å². The molecule has 0 saturated heterocycles. The van der Waals surface area contributed by atoms with Crippen molar-refractivity contribution in [3.05, 3.63) is 95.5 Å². The number of hydrogen-bond acceptors (Lipinski definition) is 2. The van der Waals surface area contributed by atoms with Crippen molar-refractivity contribution >= 4 is 27.3 Å². The summed E-state index contributed by atoms with van der Waals surface area (Å²) in [7, 11) is -2.69. The van der Waals surface area contributed by atoms with Crippen LogP contribution < -0.4 is 0 Å². The van der Waals surface area contributed by atoms with Crippen LogP contribution in [-0.2, 0) is 14.1 Å². The van der Waals surface area contributed by atoms with E-state index in [0.29, 0.717) is 20.4 Å². The summed E-state index contributed by atoms with van der Waals surface area (Å²) in [5.41, 5.74) is 0.513. The molecule has 0 atom stereocenters. The molecule has 3 aromatic carbocycles. The van der Waals surface area contributed by atoms with E-state index >= 15 is 0 Å². The topological polar surface area (TPSA) is 34.1 Å². The second kappa shape index (κ2) is 7.12. The molecule has 0 N–H and O–H groups in total. The maximum absolute atomic E-state index is 13.8. The van der Waals surface area contributed by atoms with Gasteiger partial charge in [-0.3, -0.25) is 4.79 Å². The van der Waals surface area contributed by atoms with Gasteiger partial charge in [0.25, 0.3) is 0 Å². The number of carbonyl (C=O) groups excluding carboxylic acids is 1. The van der Waals surface area contributed by atoms with Crippen LogP contribution in [0.2, 0.25) is 5.02 Å². The van der Waals surface area contributed by atoms with E-state index in [2.05, 4.69) is 0 Å². The summed E-state index contributed by atoms with van der Waals surface area (Å²) in [5.74, 6) is -0.229. The molecule has 0 saturated carbocycles. The van der Waals surface area contributed by atoms with Crippen molar-refractivity contribution < 1.29 is 9.00 Å².